The standard InChI is InChI=1S/C14H15ClN2O/c1-2-3-6-16-14(18)11-7-10-8-12(15)4-5-13(10)17-9-11/h4-5,7-9H,2-3,6H2,1H3,(H,16,18). The first-order valence-corrected chi connectivity index (χ1v) is 6.42. The van der Waals surface area contributed by atoms with Crippen molar-refractivity contribution in [2.75, 3.05) is 6.54 Å². The van der Waals surface area contributed by atoms with Crippen molar-refractivity contribution in [3.63, 3.8) is 0 Å². The molecule has 1 aromatic carbocycles. The third-order valence-electron chi connectivity index (χ3n) is 2.72. The Bertz CT molecular complexity index is 569. The first-order valence-electron chi connectivity index (χ1n) is 6.04. The van der Waals surface area contributed by atoms with Gasteiger partial charge < -0.3 is 5.32 Å². The van der Waals surface area contributed by atoms with Crippen LogP contribution in [0.25, 0.3) is 10.9 Å². The van der Waals surface area contributed by atoms with Crippen LogP contribution in [-0.2, 0) is 0 Å². The summed E-state index contributed by atoms with van der Waals surface area (Å²) in [5, 5.41) is 4.39. The van der Waals surface area contributed by atoms with Gasteiger partial charge in [-0.3, -0.25) is 9.78 Å². The summed E-state index contributed by atoms with van der Waals surface area (Å²) in [5.74, 6) is -0.0853. The van der Waals surface area contributed by atoms with Crippen molar-refractivity contribution in [1.82, 2.24) is 10.3 Å². The van der Waals surface area contributed by atoms with E-state index in [0.29, 0.717) is 17.1 Å². The fourth-order valence-electron chi connectivity index (χ4n) is 1.71. The van der Waals surface area contributed by atoms with Crippen molar-refractivity contribution in [3.05, 3.63) is 41.0 Å². The van der Waals surface area contributed by atoms with E-state index in [4.69, 9.17) is 11.6 Å². The second-order valence-corrected chi connectivity index (χ2v) is 4.61. The lowest BCUT2D eigenvalue weighted by molar-refractivity contribution is 0.0953. The Kier molecular flexibility index (Phi) is 4.15. The number of nitrogens with one attached hydrogen (secondary N) is 1. The van der Waals surface area contributed by atoms with Crippen LogP contribution >= 0.6 is 11.6 Å². The fraction of sp³-hybridized carbons (Fsp3) is 0.286. The van der Waals surface area contributed by atoms with Crippen molar-refractivity contribution in [2.24, 2.45) is 0 Å². The van der Waals surface area contributed by atoms with Gasteiger partial charge in [-0.05, 0) is 30.7 Å². The minimum atomic E-state index is -0.0853. The van der Waals surface area contributed by atoms with E-state index in [1.165, 1.54) is 0 Å². The highest BCUT2D eigenvalue weighted by molar-refractivity contribution is 6.31. The van der Waals surface area contributed by atoms with Crippen LogP contribution < -0.4 is 5.32 Å². The molecular formula is C14H15ClN2O. The van der Waals surface area contributed by atoms with Crippen molar-refractivity contribution in [1.29, 1.82) is 0 Å². The number of nitrogens with zero attached hydrogens (tertiary/aromatic N) is 1. The lowest BCUT2D eigenvalue weighted by Gasteiger charge is -2.05. The highest BCUT2D eigenvalue weighted by Gasteiger charge is 2.06. The first kappa shape index (κ1) is 12.8. The molecular weight excluding hydrogens is 248 g/mol. The zero-order chi connectivity index (χ0) is 13.0. The molecule has 0 aliphatic carbocycles. The normalized spacial score (nSPS) is 10.6. The van der Waals surface area contributed by atoms with Gasteiger partial charge in [0.25, 0.3) is 5.91 Å². The van der Waals surface area contributed by atoms with Crippen LogP contribution in [0.5, 0.6) is 0 Å². The van der Waals surface area contributed by atoms with Crippen LogP contribution in [0.2, 0.25) is 5.02 Å². The molecule has 0 aliphatic rings. The number of benzene rings is 1. The van der Waals surface area contributed by atoms with Gasteiger partial charge in [0, 0.05) is 23.2 Å². The number of amides is 1. The Labute approximate surface area is 111 Å². The zero-order valence-electron chi connectivity index (χ0n) is 10.2. The molecule has 0 radical (unpaired) electrons. The predicted molar refractivity (Wildman–Crippen MR) is 74.0 cm³/mol. The maximum Gasteiger partial charge on any atom is 0.252 e. The number of fused-ring (bicyclic) bond motifs is 1. The van der Waals surface area contributed by atoms with Gasteiger partial charge >= 0.3 is 0 Å². The molecule has 3 nitrogen and oxygen atoms in total. The highest BCUT2D eigenvalue weighted by atomic mass is 35.5. The molecule has 1 aromatic heterocycles. The Morgan fingerprint density at radius 3 is 3.00 bits per heavy atom. The molecule has 1 amide bonds. The van der Waals surface area contributed by atoms with Crippen LogP contribution in [0.4, 0.5) is 0 Å². The number of hydrogen-bond donors (Lipinski definition) is 1. The number of carbonyl (C=O) groups excluding carboxylic acids is 1. The quantitative estimate of drug-likeness (QED) is 0.858. The van der Waals surface area contributed by atoms with Crippen LogP contribution in [0.3, 0.4) is 0 Å². The zero-order valence-corrected chi connectivity index (χ0v) is 11.0. The van der Waals surface area contributed by atoms with Crippen LogP contribution in [0, 0.1) is 0 Å². The van der Waals surface area contributed by atoms with Crippen LogP contribution in [0.15, 0.2) is 30.5 Å². The maximum absolute atomic E-state index is 11.9. The summed E-state index contributed by atoms with van der Waals surface area (Å²) in [7, 11) is 0. The van der Waals surface area contributed by atoms with Gasteiger partial charge in [-0.1, -0.05) is 24.9 Å². The van der Waals surface area contributed by atoms with Crippen molar-refractivity contribution >= 4 is 28.4 Å². The molecule has 0 atom stereocenters. The molecule has 0 aliphatic heterocycles. The second kappa shape index (κ2) is 5.83. The predicted octanol–water partition coefficient (Wildman–Crippen LogP) is 3.42. The van der Waals surface area contributed by atoms with Gasteiger partial charge in [0.1, 0.15) is 0 Å². The summed E-state index contributed by atoms with van der Waals surface area (Å²) in [6.07, 6.45) is 3.64. The third kappa shape index (κ3) is 2.99. The van der Waals surface area contributed by atoms with E-state index in [1.54, 1.807) is 12.3 Å². The first-order chi connectivity index (χ1) is 8.70. The molecule has 4 heteroatoms. The molecule has 0 spiro atoms. The summed E-state index contributed by atoms with van der Waals surface area (Å²) in [6, 6.07) is 7.26. The maximum atomic E-state index is 11.9. The Morgan fingerprint density at radius 2 is 2.22 bits per heavy atom. The summed E-state index contributed by atoms with van der Waals surface area (Å²) >= 11 is 5.92. The van der Waals surface area contributed by atoms with Crippen molar-refractivity contribution < 1.29 is 4.79 Å². The number of pyridine rings is 1. The second-order valence-electron chi connectivity index (χ2n) is 4.17. The monoisotopic (exact) mass is 262 g/mol. The Morgan fingerprint density at radius 1 is 1.39 bits per heavy atom. The van der Waals surface area contributed by atoms with E-state index in [2.05, 4.69) is 17.2 Å². The lowest BCUT2D eigenvalue weighted by Crippen LogP contribution is -2.24. The minimum Gasteiger partial charge on any atom is -0.352 e. The number of carbonyl (C=O) groups is 1. The third-order valence-corrected chi connectivity index (χ3v) is 2.96. The van der Waals surface area contributed by atoms with Crippen LogP contribution in [-0.4, -0.2) is 17.4 Å². The highest BCUT2D eigenvalue weighted by Crippen LogP contribution is 2.18. The number of unbranched alkanes of at least 4 members (excludes halogenated alkanes) is 1. The summed E-state index contributed by atoms with van der Waals surface area (Å²) < 4.78 is 0. The SMILES string of the molecule is CCCCNC(=O)c1cnc2ccc(Cl)cc2c1. The molecule has 0 saturated carbocycles. The Balaban J connectivity index is 2.21. The Hall–Kier alpha value is -1.61. The smallest absolute Gasteiger partial charge is 0.252 e. The number of aromatic nitrogens is 1. The molecule has 1 N–H and O–H groups in total. The van der Waals surface area contributed by atoms with Crippen LogP contribution in [0.1, 0.15) is 30.1 Å². The molecule has 0 saturated heterocycles. The van der Waals surface area contributed by atoms with Gasteiger partial charge in [-0.15, -0.1) is 0 Å². The van der Waals surface area contributed by atoms with E-state index in [9.17, 15) is 4.79 Å². The van der Waals surface area contributed by atoms with Gasteiger partial charge in [0.15, 0.2) is 0 Å². The van der Waals surface area contributed by atoms with E-state index < -0.39 is 0 Å². The molecule has 2 aromatic rings. The average molecular weight is 263 g/mol. The molecule has 94 valence electrons. The van der Waals surface area contributed by atoms with E-state index in [0.717, 1.165) is 23.7 Å². The lowest BCUT2D eigenvalue weighted by atomic mass is 10.1. The van der Waals surface area contributed by atoms with Crippen molar-refractivity contribution in [2.45, 2.75) is 19.8 Å². The molecule has 2 rings (SSSR count). The molecule has 0 fully saturated rings. The van der Waals surface area contributed by atoms with Gasteiger partial charge in [0.2, 0.25) is 0 Å². The van der Waals surface area contributed by atoms with E-state index in [1.807, 2.05) is 18.2 Å². The van der Waals surface area contributed by atoms with E-state index >= 15 is 0 Å². The number of hydrogen-bond acceptors (Lipinski definition) is 2. The summed E-state index contributed by atoms with van der Waals surface area (Å²) in [6.45, 7) is 2.79. The fourth-order valence-corrected chi connectivity index (χ4v) is 1.89. The number of rotatable bonds is 4. The molecule has 18 heavy (non-hydrogen) atoms. The average Bonchev–Trinajstić information content (AvgIpc) is 2.38. The number of halogens is 1. The van der Waals surface area contributed by atoms with Gasteiger partial charge in [0.05, 0.1) is 11.1 Å². The largest absolute Gasteiger partial charge is 0.352 e. The van der Waals surface area contributed by atoms with Crippen molar-refractivity contribution in [3.8, 4) is 0 Å². The van der Waals surface area contributed by atoms with Gasteiger partial charge in [-0.25, -0.2) is 0 Å². The topological polar surface area (TPSA) is 42.0 Å². The molecule has 1 heterocycles. The summed E-state index contributed by atoms with van der Waals surface area (Å²) in [4.78, 5) is 16.1. The molecule has 0 unspecified atom stereocenters. The molecule has 0 bridgehead atoms. The minimum absolute atomic E-state index is 0.0853. The summed E-state index contributed by atoms with van der Waals surface area (Å²) in [5.41, 5.74) is 1.41. The van der Waals surface area contributed by atoms with Gasteiger partial charge in [-0.2, -0.15) is 0 Å². The van der Waals surface area contributed by atoms with E-state index in [-0.39, 0.29) is 5.91 Å².